The van der Waals surface area contributed by atoms with E-state index in [1.165, 1.54) is 19.1 Å². The Hall–Kier alpha value is -1.46. The van der Waals surface area contributed by atoms with E-state index in [4.69, 9.17) is 5.11 Å². The minimum absolute atomic E-state index is 0.118. The van der Waals surface area contributed by atoms with Crippen molar-refractivity contribution < 1.29 is 14.3 Å². The smallest absolute Gasteiger partial charge is 0.161 e. The highest BCUT2D eigenvalue weighted by Crippen LogP contribution is 2.23. The van der Waals surface area contributed by atoms with E-state index in [1.54, 1.807) is 6.07 Å². The summed E-state index contributed by atoms with van der Waals surface area (Å²) < 4.78 is 13.2. The molecule has 1 aromatic carbocycles. The van der Waals surface area contributed by atoms with Crippen molar-refractivity contribution in [2.45, 2.75) is 6.92 Å². The SMILES string of the molecule is CC(=O)c1cc(F)ccc1N1CCN(CCO)CC1. The van der Waals surface area contributed by atoms with Crippen molar-refractivity contribution in [3.8, 4) is 0 Å². The van der Waals surface area contributed by atoms with E-state index in [9.17, 15) is 9.18 Å². The van der Waals surface area contributed by atoms with E-state index in [1.807, 2.05) is 0 Å². The Kier molecular flexibility index (Phi) is 4.50. The molecule has 19 heavy (non-hydrogen) atoms. The first-order valence-corrected chi connectivity index (χ1v) is 6.50. The van der Waals surface area contributed by atoms with Gasteiger partial charge in [-0.2, -0.15) is 0 Å². The summed E-state index contributed by atoms with van der Waals surface area (Å²) in [4.78, 5) is 15.9. The van der Waals surface area contributed by atoms with Crippen molar-refractivity contribution in [2.75, 3.05) is 44.2 Å². The maximum absolute atomic E-state index is 13.2. The van der Waals surface area contributed by atoms with Gasteiger partial charge in [0.05, 0.1) is 6.61 Å². The fourth-order valence-corrected chi connectivity index (χ4v) is 2.42. The molecular weight excluding hydrogens is 247 g/mol. The molecule has 0 amide bonds. The van der Waals surface area contributed by atoms with E-state index in [0.717, 1.165) is 31.9 Å². The molecule has 0 radical (unpaired) electrons. The van der Waals surface area contributed by atoms with Crippen molar-refractivity contribution in [2.24, 2.45) is 0 Å². The number of aliphatic hydroxyl groups is 1. The van der Waals surface area contributed by atoms with Crippen LogP contribution in [0.25, 0.3) is 0 Å². The van der Waals surface area contributed by atoms with Crippen LogP contribution in [0.3, 0.4) is 0 Å². The highest BCUT2D eigenvalue weighted by atomic mass is 19.1. The molecule has 0 atom stereocenters. The molecule has 1 fully saturated rings. The van der Waals surface area contributed by atoms with Crippen LogP contribution in [-0.2, 0) is 0 Å². The van der Waals surface area contributed by atoms with Crippen LogP contribution in [0, 0.1) is 5.82 Å². The topological polar surface area (TPSA) is 43.8 Å². The summed E-state index contributed by atoms with van der Waals surface area (Å²) in [6.45, 7) is 5.55. The molecule has 0 aliphatic carbocycles. The minimum Gasteiger partial charge on any atom is -0.395 e. The van der Waals surface area contributed by atoms with Crippen LogP contribution in [0.4, 0.5) is 10.1 Å². The number of halogens is 1. The predicted molar refractivity (Wildman–Crippen MR) is 72.1 cm³/mol. The number of hydrogen-bond donors (Lipinski definition) is 1. The van der Waals surface area contributed by atoms with Crippen LogP contribution in [0.1, 0.15) is 17.3 Å². The number of nitrogens with zero attached hydrogens (tertiary/aromatic N) is 2. The third kappa shape index (κ3) is 3.30. The van der Waals surface area contributed by atoms with Gasteiger partial charge in [0.1, 0.15) is 5.82 Å². The molecule has 0 saturated carbocycles. The number of ketones is 1. The molecule has 1 aliphatic rings. The van der Waals surface area contributed by atoms with Gasteiger partial charge < -0.3 is 10.0 Å². The largest absolute Gasteiger partial charge is 0.395 e. The molecule has 0 aromatic heterocycles. The van der Waals surface area contributed by atoms with Crippen LogP contribution >= 0.6 is 0 Å². The maximum Gasteiger partial charge on any atom is 0.161 e. The van der Waals surface area contributed by atoms with Gasteiger partial charge in [0.15, 0.2) is 5.78 Å². The highest BCUT2D eigenvalue weighted by molar-refractivity contribution is 5.99. The van der Waals surface area contributed by atoms with E-state index < -0.39 is 0 Å². The minimum atomic E-state index is -0.382. The number of aliphatic hydroxyl groups excluding tert-OH is 1. The lowest BCUT2D eigenvalue weighted by Crippen LogP contribution is -2.47. The average molecular weight is 266 g/mol. The number of hydrogen-bond acceptors (Lipinski definition) is 4. The number of Topliss-reactive ketones (excluding diaryl/α,β-unsaturated/α-hetero) is 1. The lowest BCUT2D eigenvalue weighted by Gasteiger charge is -2.36. The Balaban J connectivity index is 2.13. The zero-order chi connectivity index (χ0) is 13.8. The number of β-amino-alcohol motifs (C(OH)–C–C–N with tert-alkyl or cyclic N) is 1. The van der Waals surface area contributed by atoms with Gasteiger partial charge in [-0.15, -0.1) is 0 Å². The van der Waals surface area contributed by atoms with Crippen LogP contribution in [0.2, 0.25) is 0 Å². The van der Waals surface area contributed by atoms with Gasteiger partial charge in [-0.1, -0.05) is 0 Å². The number of rotatable bonds is 4. The van der Waals surface area contributed by atoms with Gasteiger partial charge in [0, 0.05) is 44.0 Å². The first-order valence-electron chi connectivity index (χ1n) is 6.50. The fourth-order valence-electron chi connectivity index (χ4n) is 2.42. The average Bonchev–Trinajstić information content (AvgIpc) is 2.40. The summed E-state index contributed by atoms with van der Waals surface area (Å²) in [5, 5.41) is 8.91. The number of carbonyl (C=O) groups is 1. The Morgan fingerprint density at radius 3 is 2.58 bits per heavy atom. The molecule has 2 rings (SSSR count). The molecule has 0 bridgehead atoms. The Labute approximate surface area is 112 Å². The molecular formula is C14H19FN2O2. The molecule has 5 heteroatoms. The molecule has 1 saturated heterocycles. The molecule has 0 spiro atoms. The lowest BCUT2D eigenvalue weighted by molar-refractivity contribution is 0.101. The van der Waals surface area contributed by atoms with Gasteiger partial charge in [-0.25, -0.2) is 4.39 Å². The van der Waals surface area contributed by atoms with Crippen molar-refractivity contribution in [3.63, 3.8) is 0 Å². The normalized spacial score (nSPS) is 16.7. The standard InChI is InChI=1S/C14H19FN2O2/c1-11(19)13-10-12(15)2-3-14(13)17-6-4-16(5-7-17)8-9-18/h2-3,10,18H,4-9H2,1H3. The Morgan fingerprint density at radius 2 is 2.00 bits per heavy atom. The van der Waals surface area contributed by atoms with Gasteiger partial charge >= 0.3 is 0 Å². The summed E-state index contributed by atoms with van der Waals surface area (Å²) in [6.07, 6.45) is 0. The van der Waals surface area contributed by atoms with Gasteiger partial charge in [0.2, 0.25) is 0 Å². The van der Waals surface area contributed by atoms with Crippen molar-refractivity contribution in [1.82, 2.24) is 4.90 Å². The third-order valence-electron chi connectivity index (χ3n) is 3.47. The number of anilines is 1. The molecule has 4 nitrogen and oxygen atoms in total. The first kappa shape index (κ1) is 14.0. The second kappa shape index (κ2) is 6.12. The summed E-state index contributed by atoms with van der Waals surface area (Å²) in [7, 11) is 0. The highest BCUT2D eigenvalue weighted by Gasteiger charge is 2.20. The number of carbonyl (C=O) groups excluding carboxylic acids is 1. The lowest BCUT2D eigenvalue weighted by atomic mass is 10.1. The van der Waals surface area contributed by atoms with Crippen LogP contribution in [0.15, 0.2) is 18.2 Å². The summed E-state index contributed by atoms with van der Waals surface area (Å²) in [5.74, 6) is -0.500. The van der Waals surface area contributed by atoms with E-state index in [2.05, 4.69) is 9.80 Å². The second-order valence-electron chi connectivity index (χ2n) is 4.77. The van der Waals surface area contributed by atoms with Gasteiger partial charge in [0.25, 0.3) is 0 Å². The number of piperazine rings is 1. The predicted octanol–water partition coefficient (Wildman–Crippen LogP) is 1.14. The fraction of sp³-hybridized carbons (Fsp3) is 0.500. The quantitative estimate of drug-likeness (QED) is 0.830. The molecule has 104 valence electrons. The van der Waals surface area contributed by atoms with Gasteiger partial charge in [-0.3, -0.25) is 9.69 Å². The van der Waals surface area contributed by atoms with Crippen LogP contribution in [0.5, 0.6) is 0 Å². The molecule has 1 heterocycles. The molecule has 1 aliphatic heterocycles. The summed E-state index contributed by atoms with van der Waals surface area (Å²) in [6, 6.07) is 4.37. The maximum atomic E-state index is 13.2. The van der Waals surface area contributed by atoms with E-state index in [-0.39, 0.29) is 18.2 Å². The van der Waals surface area contributed by atoms with Crippen molar-refractivity contribution in [3.05, 3.63) is 29.6 Å². The Morgan fingerprint density at radius 1 is 1.32 bits per heavy atom. The monoisotopic (exact) mass is 266 g/mol. The van der Waals surface area contributed by atoms with Crippen molar-refractivity contribution >= 4 is 11.5 Å². The van der Waals surface area contributed by atoms with Crippen LogP contribution in [-0.4, -0.2) is 55.1 Å². The molecule has 1 N–H and O–H groups in total. The zero-order valence-electron chi connectivity index (χ0n) is 11.1. The van der Waals surface area contributed by atoms with E-state index in [0.29, 0.717) is 12.1 Å². The molecule has 1 aromatic rings. The summed E-state index contributed by atoms with van der Waals surface area (Å²) >= 11 is 0. The molecule has 0 unspecified atom stereocenters. The zero-order valence-corrected chi connectivity index (χ0v) is 11.1. The van der Waals surface area contributed by atoms with Crippen molar-refractivity contribution in [1.29, 1.82) is 0 Å². The van der Waals surface area contributed by atoms with Crippen LogP contribution < -0.4 is 4.90 Å². The van der Waals surface area contributed by atoms with E-state index >= 15 is 0 Å². The second-order valence-corrected chi connectivity index (χ2v) is 4.77. The first-order chi connectivity index (χ1) is 9.11. The number of benzene rings is 1. The third-order valence-corrected chi connectivity index (χ3v) is 3.47. The summed E-state index contributed by atoms with van der Waals surface area (Å²) in [5.41, 5.74) is 1.24. The Bertz CT molecular complexity index is 457. The van der Waals surface area contributed by atoms with Gasteiger partial charge in [-0.05, 0) is 25.1 Å².